The van der Waals surface area contributed by atoms with Crippen molar-refractivity contribution in [3.63, 3.8) is 0 Å². The molecule has 0 saturated heterocycles. The van der Waals surface area contributed by atoms with Gasteiger partial charge >= 0.3 is 5.97 Å². The van der Waals surface area contributed by atoms with Crippen LogP contribution in [0.1, 0.15) is 26.3 Å². The normalized spacial score (nSPS) is 11.0. The third-order valence-electron chi connectivity index (χ3n) is 3.06. The molecule has 0 aliphatic heterocycles. The van der Waals surface area contributed by atoms with Crippen LogP contribution in [0.3, 0.4) is 0 Å². The van der Waals surface area contributed by atoms with E-state index in [1.54, 1.807) is 18.2 Å². The largest absolute Gasteiger partial charge is 0.455 e. The minimum atomic E-state index is -0.629. The molecule has 0 unspecified atom stereocenters. The summed E-state index contributed by atoms with van der Waals surface area (Å²) in [5.74, 6) is -1.41. The molecule has 0 heterocycles. The Morgan fingerprint density at radius 2 is 1.72 bits per heavy atom. The maximum Gasteiger partial charge on any atom is 0.310 e. The maximum absolute atomic E-state index is 12.0. The molecule has 1 aromatic carbocycles. The number of hydrogen-bond donors (Lipinski definition) is 1. The molecule has 8 heteroatoms. The first-order valence-corrected chi connectivity index (χ1v) is 8.38. The molecule has 6 nitrogen and oxygen atoms in total. The third kappa shape index (κ3) is 7.75. The average Bonchev–Trinajstić information content (AvgIpc) is 2.46. The number of carbonyl (C=O) groups excluding carboxylic acids is 3. The first-order chi connectivity index (χ1) is 11.5. The second-order valence-electron chi connectivity index (χ2n) is 6.59. The van der Waals surface area contributed by atoms with E-state index >= 15 is 0 Å². The molecule has 1 N–H and O–H groups in total. The van der Waals surface area contributed by atoms with E-state index in [-0.39, 0.29) is 24.4 Å². The summed E-state index contributed by atoms with van der Waals surface area (Å²) in [5.41, 5.74) is 0.0583. The number of nitrogens with zero attached hydrogens (tertiary/aromatic N) is 1. The highest BCUT2D eigenvalue weighted by molar-refractivity contribution is 6.36. The van der Waals surface area contributed by atoms with Crippen LogP contribution < -0.4 is 5.32 Å². The van der Waals surface area contributed by atoms with Gasteiger partial charge in [-0.05, 0) is 32.9 Å². The first kappa shape index (κ1) is 21.3. The van der Waals surface area contributed by atoms with Crippen molar-refractivity contribution in [1.82, 2.24) is 10.2 Å². The number of hydrogen-bond acceptors (Lipinski definition) is 4. The van der Waals surface area contributed by atoms with E-state index in [0.29, 0.717) is 15.6 Å². The molecule has 25 heavy (non-hydrogen) atoms. The zero-order valence-corrected chi connectivity index (χ0v) is 16.2. The number of ether oxygens (including phenoxy) is 1. The number of nitrogens with one attached hydrogen (secondary N) is 1. The molecule has 0 bridgehead atoms. The van der Waals surface area contributed by atoms with Gasteiger partial charge in [0, 0.05) is 28.2 Å². The molecular weight excluding hydrogens is 367 g/mol. The van der Waals surface area contributed by atoms with Crippen LogP contribution in [0.5, 0.6) is 0 Å². The molecule has 1 aromatic rings. The van der Waals surface area contributed by atoms with Gasteiger partial charge in [-0.1, -0.05) is 29.3 Å². The zero-order valence-electron chi connectivity index (χ0n) is 14.7. The lowest BCUT2D eigenvalue weighted by atomic mass is 10.1. The minimum Gasteiger partial charge on any atom is -0.455 e. The smallest absolute Gasteiger partial charge is 0.310 e. The number of esters is 1. The van der Waals surface area contributed by atoms with Crippen molar-refractivity contribution in [3.8, 4) is 0 Å². The first-order valence-electron chi connectivity index (χ1n) is 7.63. The predicted octanol–water partition coefficient (Wildman–Crippen LogP) is 2.45. The minimum absolute atomic E-state index is 0.121. The Hall–Kier alpha value is -1.79. The van der Waals surface area contributed by atoms with Crippen LogP contribution in [0, 0.1) is 0 Å². The lowest BCUT2D eigenvalue weighted by Gasteiger charge is -2.23. The van der Waals surface area contributed by atoms with Crippen molar-refractivity contribution in [3.05, 3.63) is 33.8 Å². The summed E-state index contributed by atoms with van der Waals surface area (Å²) >= 11 is 12.0. The van der Waals surface area contributed by atoms with Gasteiger partial charge in [-0.15, -0.1) is 0 Å². The summed E-state index contributed by atoms with van der Waals surface area (Å²) in [4.78, 5) is 36.8. The molecular formula is C17H22Cl2N2O4. The Labute approximate surface area is 157 Å². The molecule has 0 radical (unpaired) electrons. The standard InChI is InChI=1S/C17H22Cl2N2O4/c1-17(2,3)20-14(22)9-21(4)15(23)10-25-16(24)8-11-12(18)6-5-7-13(11)19/h5-7H,8-10H2,1-4H3,(H,20,22). The SMILES string of the molecule is CN(CC(=O)NC(C)(C)C)C(=O)COC(=O)Cc1c(Cl)cccc1Cl. The van der Waals surface area contributed by atoms with Crippen LogP contribution in [0.25, 0.3) is 0 Å². The van der Waals surface area contributed by atoms with Gasteiger partial charge in [0.2, 0.25) is 5.91 Å². The number of benzene rings is 1. The molecule has 0 aliphatic carbocycles. The molecule has 0 atom stereocenters. The predicted molar refractivity (Wildman–Crippen MR) is 96.7 cm³/mol. The Balaban J connectivity index is 2.47. The van der Waals surface area contributed by atoms with Crippen LogP contribution in [0.15, 0.2) is 18.2 Å². The van der Waals surface area contributed by atoms with Crippen molar-refractivity contribution in [2.45, 2.75) is 32.7 Å². The second kappa shape index (κ2) is 9.06. The molecule has 1 rings (SSSR count). The van der Waals surface area contributed by atoms with Gasteiger partial charge in [0.25, 0.3) is 5.91 Å². The monoisotopic (exact) mass is 388 g/mol. The zero-order chi connectivity index (χ0) is 19.2. The number of rotatable bonds is 6. The molecule has 0 aliphatic rings. The Morgan fingerprint density at radius 3 is 2.24 bits per heavy atom. The van der Waals surface area contributed by atoms with Crippen molar-refractivity contribution in [1.29, 1.82) is 0 Å². The maximum atomic E-state index is 12.0. The quantitative estimate of drug-likeness (QED) is 0.759. The van der Waals surface area contributed by atoms with Crippen LogP contribution in [0.4, 0.5) is 0 Å². The van der Waals surface area contributed by atoms with E-state index < -0.39 is 18.5 Å². The lowest BCUT2D eigenvalue weighted by molar-refractivity contribution is -0.151. The van der Waals surface area contributed by atoms with Gasteiger partial charge in [-0.2, -0.15) is 0 Å². The van der Waals surface area contributed by atoms with E-state index in [2.05, 4.69) is 5.32 Å². The fourth-order valence-electron chi connectivity index (χ4n) is 1.91. The summed E-state index contributed by atoms with van der Waals surface area (Å²) in [7, 11) is 1.46. The number of likely N-dealkylation sites (N-methyl/N-ethyl adjacent to an activating group) is 1. The molecule has 0 fully saturated rings. The molecule has 138 valence electrons. The molecule has 0 spiro atoms. The Bertz CT molecular complexity index is 636. The molecule has 2 amide bonds. The Kier molecular flexibility index (Phi) is 7.70. The summed E-state index contributed by atoms with van der Waals surface area (Å²) in [6.45, 7) is 4.95. The highest BCUT2D eigenvalue weighted by Gasteiger charge is 2.19. The summed E-state index contributed by atoms with van der Waals surface area (Å²) in [5, 5.41) is 3.45. The van der Waals surface area contributed by atoms with Crippen molar-refractivity contribution < 1.29 is 19.1 Å². The van der Waals surface area contributed by atoms with Crippen molar-refractivity contribution >= 4 is 41.0 Å². The number of carbonyl (C=O) groups is 3. The van der Waals surface area contributed by atoms with Gasteiger partial charge in [-0.3, -0.25) is 14.4 Å². The van der Waals surface area contributed by atoms with Crippen LogP contribution >= 0.6 is 23.2 Å². The van der Waals surface area contributed by atoms with E-state index in [1.807, 2.05) is 20.8 Å². The highest BCUT2D eigenvalue weighted by Crippen LogP contribution is 2.24. The number of amides is 2. The fraction of sp³-hybridized carbons (Fsp3) is 0.471. The average molecular weight is 389 g/mol. The van der Waals surface area contributed by atoms with Crippen LogP contribution in [-0.4, -0.2) is 48.4 Å². The van der Waals surface area contributed by atoms with Gasteiger partial charge < -0.3 is 15.0 Å². The third-order valence-corrected chi connectivity index (χ3v) is 3.77. The van der Waals surface area contributed by atoms with Gasteiger partial charge in [-0.25, -0.2) is 0 Å². The lowest BCUT2D eigenvalue weighted by Crippen LogP contribution is -2.46. The fourth-order valence-corrected chi connectivity index (χ4v) is 2.44. The van der Waals surface area contributed by atoms with Gasteiger partial charge in [0.15, 0.2) is 6.61 Å². The highest BCUT2D eigenvalue weighted by atomic mass is 35.5. The van der Waals surface area contributed by atoms with Crippen molar-refractivity contribution in [2.75, 3.05) is 20.2 Å². The van der Waals surface area contributed by atoms with E-state index in [9.17, 15) is 14.4 Å². The van der Waals surface area contributed by atoms with E-state index in [1.165, 1.54) is 11.9 Å². The van der Waals surface area contributed by atoms with Crippen LogP contribution in [-0.2, 0) is 25.5 Å². The van der Waals surface area contributed by atoms with Gasteiger partial charge in [0.1, 0.15) is 0 Å². The number of halogens is 2. The van der Waals surface area contributed by atoms with E-state index in [4.69, 9.17) is 27.9 Å². The second-order valence-corrected chi connectivity index (χ2v) is 7.40. The topological polar surface area (TPSA) is 75.7 Å². The van der Waals surface area contributed by atoms with Crippen molar-refractivity contribution in [2.24, 2.45) is 0 Å². The van der Waals surface area contributed by atoms with Gasteiger partial charge in [0.05, 0.1) is 13.0 Å². The molecule has 0 aromatic heterocycles. The summed E-state index contributed by atoms with van der Waals surface area (Å²) in [6.07, 6.45) is -0.139. The Morgan fingerprint density at radius 1 is 1.16 bits per heavy atom. The van der Waals surface area contributed by atoms with Crippen LogP contribution in [0.2, 0.25) is 10.0 Å². The van der Waals surface area contributed by atoms with E-state index in [0.717, 1.165) is 0 Å². The summed E-state index contributed by atoms with van der Waals surface area (Å²) < 4.78 is 4.94. The summed E-state index contributed by atoms with van der Waals surface area (Å²) in [6, 6.07) is 4.90. The molecule has 0 saturated carbocycles.